The lowest BCUT2D eigenvalue weighted by Gasteiger charge is -2.24. The number of sulfonamides is 1. The van der Waals surface area contributed by atoms with Crippen LogP contribution in [0.25, 0.3) is 0 Å². The Hall–Kier alpha value is -3.40. The molecule has 10 heteroatoms. The Balaban J connectivity index is 1.89. The van der Waals surface area contributed by atoms with Crippen molar-refractivity contribution in [3.05, 3.63) is 90.2 Å². The fourth-order valence-corrected chi connectivity index (χ4v) is 4.20. The first kappa shape index (κ1) is 22.3. The molecule has 0 unspecified atom stereocenters. The van der Waals surface area contributed by atoms with Gasteiger partial charge in [0.25, 0.3) is 10.0 Å². The molecule has 0 aliphatic heterocycles. The maximum Gasteiger partial charge on any atom is 0.416 e. The molecule has 0 atom stereocenters. The number of nitrogens with zero attached hydrogens (tertiary/aromatic N) is 1. The lowest BCUT2D eigenvalue weighted by atomic mass is 10.2. The normalized spacial score (nSPS) is 11.7. The van der Waals surface area contributed by atoms with Crippen LogP contribution in [0.1, 0.15) is 5.56 Å². The van der Waals surface area contributed by atoms with Crippen molar-refractivity contribution in [2.75, 3.05) is 16.2 Å². The van der Waals surface area contributed by atoms with E-state index in [4.69, 9.17) is 0 Å². The monoisotopic (exact) mass is 452 g/mol. The van der Waals surface area contributed by atoms with E-state index in [1.165, 1.54) is 42.5 Å². The van der Waals surface area contributed by atoms with Crippen LogP contribution in [-0.2, 0) is 21.0 Å². The fraction of sp³-hybridized carbons (Fsp3) is 0.0952. The maximum atomic E-state index is 14.4. The Morgan fingerprint density at radius 2 is 1.45 bits per heavy atom. The second-order valence-electron chi connectivity index (χ2n) is 6.40. The summed E-state index contributed by atoms with van der Waals surface area (Å²) in [6.45, 7) is -0.792. The van der Waals surface area contributed by atoms with E-state index in [0.717, 1.165) is 30.3 Å². The van der Waals surface area contributed by atoms with Gasteiger partial charge in [-0.2, -0.15) is 13.2 Å². The Morgan fingerprint density at radius 1 is 0.871 bits per heavy atom. The first-order valence-corrected chi connectivity index (χ1v) is 10.3. The van der Waals surface area contributed by atoms with Crippen LogP contribution < -0.4 is 9.62 Å². The van der Waals surface area contributed by atoms with Crippen molar-refractivity contribution in [3.8, 4) is 0 Å². The number of amides is 1. The molecule has 1 N–H and O–H groups in total. The van der Waals surface area contributed by atoms with Crippen LogP contribution in [0.15, 0.2) is 83.8 Å². The van der Waals surface area contributed by atoms with Crippen molar-refractivity contribution >= 4 is 27.3 Å². The number of benzene rings is 3. The summed E-state index contributed by atoms with van der Waals surface area (Å²) in [6.07, 6.45) is -4.53. The minimum Gasteiger partial charge on any atom is -0.325 e. The van der Waals surface area contributed by atoms with Gasteiger partial charge in [0.15, 0.2) is 0 Å². The molecule has 31 heavy (non-hydrogen) atoms. The molecule has 0 spiro atoms. The van der Waals surface area contributed by atoms with Crippen LogP contribution in [0, 0.1) is 5.82 Å². The first-order valence-electron chi connectivity index (χ1n) is 8.88. The third-order valence-electron chi connectivity index (χ3n) is 4.24. The lowest BCUT2D eigenvalue weighted by molar-refractivity contribution is -0.137. The molecule has 3 aromatic rings. The highest BCUT2D eigenvalue weighted by Gasteiger charge is 2.31. The Labute approximate surface area is 176 Å². The first-order chi connectivity index (χ1) is 14.6. The topological polar surface area (TPSA) is 66.5 Å². The van der Waals surface area contributed by atoms with Gasteiger partial charge in [-0.15, -0.1) is 0 Å². The standard InChI is InChI=1S/C21H16F4N2O3S/c22-18-8-4-5-9-19(18)27(31(29,30)17-6-2-1-3-7-17)14-20(28)26-16-12-10-15(11-13-16)21(23,24)25/h1-13H,14H2,(H,26,28). The van der Waals surface area contributed by atoms with Gasteiger partial charge in [0.2, 0.25) is 5.91 Å². The van der Waals surface area contributed by atoms with Gasteiger partial charge in [-0.25, -0.2) is 12.8 Å². The molecule has 0 saturated heterocycles. The van der Waals surface area contributed by atoms with Crippen LogP contribution in [0.5, 0.6) is 0 Å². The molecule has 162 valence electrons. The minimum absolute atomic E-state index is 0.0311. The molecule has 3 rings (SSSR count). The maximum absolute atomic E-state index is 14.4. The number of carbonyl (C=O) groups is 1. The number of alkyl halides is 3. The number of hydrogen-bond donors (Lipinski definition) is 1. The molecule has 0 saturated carbocycles. The van der Waals surface area contributed by atoms with Crippen molar-refractivity contribution in [2.24, 2.45) is 0 Å². The van der Waals surface area contributed by atoms with Crippen LogP contribution >= 0.6 is 0 Å². The highest BCUT2D eigenvalue weighted by molar-refractivity contribution is 7.92. The van der Waals surface area contributed by atoms with Crippen LogP contribution in [0.4, 0.5) is 28.9 Å². The summed E-state index contributed by atoms with van der Waals surface area (Å²) < 4.78 is 79.2. The highest BCUT2D eigenvalue weighted by atomic mass is 32.2. The van der Waals surface area contributed by atoms with E-state index in [0.29, 0.717) is 4.31 Å². The van der Waals surface area contributed by atoms with Gasteiger partial charge < -0.3 is 5.32 Å². The second kappa shape index (κ2) is 8.76. The van der Waals surface area contributed by atoms with Crippen molar-refractivity contribution in [3.63, 3.8) is 0 Å². The highest BCUT2D eigenvalue weighted by Crippen LogP contribution is 2.30. The van der Waals surface area contributed by atoms with Gasteiger partial charge in [-0.1, -0.05) is 30.3 Å². The number of rotatable bonds is 6. The van der Waals surface area contributed by atoms with E-state index in [-0.39, 0.29) is 16.3 Å². The molecule has 0 fully saturated rings. The lowest BCUT2D eigenvalue weighted by Crippen LogP contribution is -2.38. The minimum atomic E-state index is -4.53. The van der Waals surface area contributed by atoms with Crippen molar-refractivity contribution in [1.29, 1.82) is 0 Å². The molecule has 5 nitrogen and oxygen atoms in total. The molecule has 0 aliphatic carbocycles. The number of hydrogen-bond acceptors (Lipinski definition) is 3. The molecule has 0 radical (unpaired) electrons. The average molecular weight is 452 g/mol. The molecule has 3 aromatic carbocycles. The van der Waals surface area contributed by atoms with Crippen molar-refractivity contribution in [2.45, 2.75) is 11.1 Å². The van der Waals surface area contributed by atoms with E-state index in [2.05, 4.69) is 5.32 Å². The summed E-state index contributed by atoms with van der Waals surface area (Å²) in [5.41, 5.74) is -1.21. The zero-order valence-corrected chi connectivity index (χ0v) is 16.6. The number of nitrogens with one attached hydrogen (secondary N) is 1. The van der Waals surface area contributed by atoms with Gasteiger partial charge in [0.1, 0.15) is 12.4 Å². The van der Waals surface area contributed by atoms with Crippen molar-refractivity contribution in [1.82, 2.24) is 0 Å². The van der Waals surface area contributed by atoms with Crippen LogP contribution in [0.3, 0.4) is 0 Å². The molecule has 0 heterocycles. The molecule has 0 aromatic heterocycles. The number of halogens is 4. The molecule has 1 amide bonds. The van der Waals surface area contributed by atoms with E-state index >= 15 is 0 Å². The third kappa shape index (κ3) is 5.21. The van der Waals surface area contributed by atoms with Gasteiger partial charge in [-0.3, -0.25) is 9.10 Å². The smallest absolute Gasteiger partial charge is 0.325 e. The molecular formula is C21H16F4N2O3S. The molecule has 0 aliphatic rings. The number of anilines is 2. The predicted octanol–water partition coefficient (Wildman–Crippen LogP) is 4.68. The quantitative estimate of drug-likeness (QED) is 0.553. The second-order valence-corrected chi connectivity index (χ2v) is 8.26. The zero-order chi connectivity index (χ0) is 22.6. The van der Waals surface area contributed by atoms with E-state index in [1.807, 2.05) is 0 Å². The van der Waals surface area contributed by atoms with Gasteiger partial charge >= 0.3 is 6.18 Å². The SMILES string of the molecule is O=C(CN(c1ccccc1F)S(=O)(=O)c1ccccc1)Nc1ccc(C(F)(F)F)cc1. The van der Waals surface area contributed by atoms with E-state index in [1.54, 1.807) is 6.07 Å². The largest absolute Gasteiger partial charge is 0.416 e. The average Bonchev–Trinajstić information content (AvgIpc) is 2.73. The Morgan fingerprint density at radius 3 is 2.03 bits per heavy atom. The van der Waals surface area contributed by atoms with Gasteiger partial charge in [0.05, 0.1) is 16.1 Å². The fourth-order valence-electron chi connectivity index (χ4n) is 2.75. The predicted molar refractivity (Wildman–Crippen MR) is 107 cm³/mol. The summed E-state index contributed by atoms with van der Waals surface area (Å²) in [6, 6.07) is 15.9. The summed E-state index contributed by atoms with van der Waals surface area (Å²) >= 11 is 0. The summed E-state index contributed by atoms with van der Waals surface area (Å²) in [5.74, 6) is -1.72. The molecule has 0 bridgehead atoms. The summed E-state index contributed by atoms with van der Waals surface area (Å²) in [4.78, 5) is 12.4. The van der Waals surface area contributed by atoms with E-state index < -0.39 is 40.0 Å². The van der Waals surface area contributed by atoms with Crippen LogP contribution in [-0.4, -0.2) is 20.9 Å². The zero-order valence-electron chi connectivity index (χ0n) is 15.8. The Kier molecular flexibility index (Phi) is 6.30. The van der Waals surface area contributed by atoms with Gasteiger partial charge in [-0.05, 0) is 48.5 Å². The van der Waals surface area contributed by atoms with Crippen molar-refractivity contribution < 1.29 is 30.8 Å². The summed E-state index contributed by atoms with van der Waals surface area (Å²) in [5, 5.41) is 2.33. The Bertz CT molecular complexity index is 1170. The number of para-hydroxylation sites is 1. The molecular weight excluding hydrogens is 436 g/mol. The number of carbonyl (C=O) groups excluding carboxylic acids is 1. The third-order valence-corrected chi connectivity index (χ3v) is 6.01. The van der Waals surface area contributed by atoms with Crippen LogP contribution in [0.2, 0.25) is 0 Å². The van der Waals surface area contributed by atoms with Gasteiger partial charge in [0, 0.05) is 5.69 Å². The summed E-state index contributed by atoms with van der Waals surface area (Å²) in [7, 11) is -4.31. The van der Waals surface area contributed by atoms with E-state index in [9.17, 15) is 30.8 Å².